The molecule has 0 fully saturated rings. The van der Waals surface area contributed by atoms with Crippen molar-refractivity contribution in [2.24, 2.45) is 5.73 Å². The van der Waals surface area contributed by atoms with E-state index in [0.717, 1.165) is 0 Å². The quantitative estimate of drug-likeness (QED) is 0.618. The van der Waals surface area contributed by atoms with Crippen molar-refractivity contribution in [3.8, 4) is 5.75 Å². The van der Waals surface area contributed by atoms with Crippen LogP contribution in [0.4, 0.5) is 4.39 Å². The third-order valence-corrected chi connectivity index (χ3v) is 2.14. The highest BCUT2D eigenvalue weighted by molar-refractivity contribution is 5.38. The van der Waals surface area contributed by atoms with Crippen molar-refractivity contribution in [2.75, 3.05) is 6.61 Å². The summed E-state index contributed by atoms with van der Waals surface area (Å²) in [6.07, 6.45) is -0.834. The third-order valence-electron chi connectivity index (χ3n) is 2.14. The summed E-state index contributed by atoms with van der Waals surface area (Å²) in [6.45, 7) is 0.148. The van der Waals surface area contributed by atoms with Crippen LogP contribution in [0.5, 0.6) is 5.75 Å². The Labute approximate surface area is 74.9 Å². The maximum absolute atomic E-state index is 13.1. The minimum Gasteiger partial charge on any atom is -0.488 e. The Hall–Kier alpha value is -1.13. The number of nitrogens with two attached hydrogens (primary N) is 1. The molecule has 0 saturated carbocycles. The maximum Gasteiger partial charge on any atom is 0.165 e. The van der Waals surface area contributed by atoms with Gasteiger partial charge in [0.2, 0.25) is 0 Å². The molecule has 2 atom stereocenters. The van der Waals surface area contributed by atoms with E-state index in [0.29, 0.717) is 5.56 Å². The van der Waals surface area contributed by atoms with Gasteiger partial charge < -0.3 is 15.6 Å². The van der Waals surface area contributed by atoms with E-state index in [1.165, 1.54) is 12.1 Å². The van der Waals surface area contributed by atoms with E-state index in [1.54, 1.807) is 6.07 Å². The van der Waals surface area contributed by atoms with Crippen LogP contribution < -0.4 is 10.5 Å². The molecule has 3 nitrogen and oxygen atoms in total. The molecular formula is C9H10FNO2. The molecule has 0 aromatic heterocycles. The normalized spacial score (nSPS) is 26.4. The van der Waals surface area contributed by atoms with Crippen molar-refractivity contribution < 1.29 is 14.2 Å². The van der Waals surface area contributed by atoms with Gasteiger partial charge in [-0.25, -0.2) is 4.39 Å². The highest BCUT2D eigenvalue weighted by atomic mass is 19.1. The summed E-state index contributed by atoms with van der Waals surface area (Å²) in [5.41, 5.74) is 5.98. The molecule has 1 heterocycles. The second-order valence-corrected chi connectivity index (χ2v) is 3.08. The van der Waals surface area contributed by atoms with Crippen LogP contribution in [0.15, 0.2) is 18.2 Å². The minimum absolute atomic E-state index is 0.122. The first kappa shape index (κ1) is 8.47. The lowest BCUT2D eigenvalue weighted by Gasteiger charge is -2.27. The molecule has 0 radical (unpaired) electrons. The van der Waals surface area contributed by atoms with Crippen LogP contribution >= 0.6 is 0 Å². The number of ether oxygens (including phenoxy) is 1. The lowest BCUT2D eigenvalue weighted by molar-refractivity contribution is 0.0886. The summed E-state index contributed by atoms with van der Waals surface area (Å²) in [4.78, 5) is 0. The summed E-state index contributed by atoms with van der Waals surface area (Å²) >= 11 is 0. The highest BCUT2D eigenvalue weighted by Gasteiger charge is 2.28. The summed E-state index contributed by atoms with van der Waals surface area (Å²) in [5, 5.41) is 9.58. The zero-order valence-electron chi connectivity index (χ0n) is 6.90. The fourth-order valence-corrected chi connectivity index (χ4v) is 1.41. The van der Waals surface area contributed by atoms with Gasteiger partial charge in [0.25, 0.3) is 0 Å². The van der Waals surface area contributed by atoms with Gasteiger partial charge in [-0.3, -0.25) is 0 Å². The smallest absolute Gasteiger partial charge is 0.165 e. The van der Waals surface area contributed by atoms with Crippen LogP contribution in [0.1, 0.15) is 11.7 Å². The van der Waals surface area contributed by atoms with Crippen LogP contribution in [0.2, 0.25) is 0 Å². The monoisotopic (exact) mass is 183 g/mol. The van der Waals surface area contributed by atoms with Gasteiger partial charge in [0.05, 0.1) is 6.04 Å². The molecule has 0 bridgehead atoms. The summed E-state index contributed by atoms with van der Waals surface area (Å²) in [5.74, 6) is -0.333. The number of halogens is 1. The zero-order valence-corrected chi connectivity index (χ0v) is 6.90. The summed E-state index contributed by atoms with van der Waals surface area (Å²) in [6, 6.07) is 3.96. The van der Waals surface area contributed by atoms with Crippen molar-refractivity contribution in [3.63, 3.8) is 0 Å². The van der Waals surface area contributed by atoms with Gasteiger partial charge in [-0.05, 0) is 6.07 Å². The number of hydrogen-bond acceptors (Lipinski definition) is 3. The van der Waals surface area contributed by atoms with Crippen LogP contribution in [0.25, 0.3) is 0 Å². The van der Waals surface area contributed by atoms with E-state index in [1.807, 2.05) is 0 Å². The maximum atomic E-state index is 13.1. The van der Waals surface area contributed by atoms with E-state index < -0.39 is 18.0 Å². The Balaban J connectivity index is 2.49. The second kappa shape index (κ2) is 2.97. The van der Waals surface area contributed by atoms with E-state index in [2.05, 4.69) is 0 Å². The SMILES string of the molecule is N[C@H]1COc2c(F)cccc2[C@@H]1O. The molecule has 1 aromatic rings. The number of fused-ring (bicyclic) bond motifs is 1. The fraction of sp³-hybridized carbons (Fsp3) is 0.333. The first-order valence-electron chi connectivity index (χ1n) is 4.05. The standard InChI is InChI=1S/C9H10FNO2/c10-6-3-1-2-5-8(12)7(11)4-13-9(5)6/h1-3,7-8,12H,4,11H2/t7-,8-/m0/s1. The Morgan fingerprint density at radius 1 is 1.54 bits per heavy atom. The van der Waals surface area contributed by atoms with Crippen LogP contribution in [0.3, 0.4) is 0 Å². The molecule has 70 valence electrons. The van der Waals surface area contributed by atoms with Crippen molar-refractivity contribution in [3.05, 3.63) is 29.6 Å². The van der Waals surface area contributed by atoms with Gasteiger partial charge in [-0.2, -0.15) is 0 Å². The molecule has 0 unspecified atom stereocenters. The zero-order chi connectivity index (χ0) is 9.42. The number of para-hydroxylation sites is 1. The topological polar surface area (TPSA) is 55.5 Å². The van der Waals surface area contributed by atoms with Crippen molar-refractivity contribution >= 4 is 0 Å². The second-order valence-electron chi connectivity index (χ2n) is 3.08. The number of hydrogen-bond donors (Lipinski definition) is 2. The molecular weight excluding hydrogens is 173 g/mol. The Morgan fingerprint density at radius 3 is 3.08 bits per heavy atom. The predicted octanol–water partition coefficient (Wildman–Crippen LogP) is 0.579. The lowest BCUT2D eigenvalue weighted by Crippen LogP contribution is -2.38. The number of rotatable bonds is 0. The van der Waals surface area contributed by atoms with Gasteiger partial charge in [0, 0.05) is 5.56 Å². The molecule has 3 N–H and O–H groups in total. The molecule has 4 heteroatoms. The van der Waals surface area contributed by atoms with Crippen LogP contribution in [-0.2, 0) is 0 Å². The fourth-order valence-electron chi connectivity index (χ4n) is 1.41. The van der Waals surface area contributed by atoms with Gasteiger partial charge >= 0.3 is 0 Å². The molecule has 0 aliphatic carbocycles. The first-order chi connectivity index (χ1) is 6.20. The summed E-state index contributed by atoms with van der Waals surface area (Å²) < 4.78 is 18.2. The minimum atomic E-state index is -0.834. The number of aliphatic hydroxyl groups is 1. The van der Waals surface area contributed by atoms with Gasteiger partial charge in [0.15, 0.2) is 11.6 Å². The van der Waals surface area contributed by atoms with Gasteiger partial charge in [-0.1, -0.05) is 12.1 Å². The highest BCUT2D eigenvalue weighted by Crippen LogP contribution is 2.33. The van der Waals surface area contributed by atoms with E-state index in [4.69, 9.17) is 10.5 Å². The molecule has 1 aliphatic heterocycles. The molecule has 2 rings (SSSR count). The molecule has 0 saturated heterocycles. The van der Waals surface area contributed by atoms with Crippen molar-refractivity contribution in [1.82, 2.24) is 0 Å². The largest absolute Gasteiger partial charge is 0.488 e. The molecule has 0 spiro atoms. The van der Waals surface area contributed by atoms with Crippen molar-refractivity contribution in [2.45, 2.75) is 12.1 Å². The molecule has 1 aliphatic rings. The Bertz CT molecular complexity index is 329. The Morgan fingerprint density at radius 2 is 2.31 bits per heavy atom. The van der Waals surface area contributed by atoms with E-state index in [9.17, 15) is 9.50 Å². The third kappa shape index (κ3) is 1.28. The molecule has 13 heavy (non-hydrogen) atoms. The Kier molecular flexibility index (Phi) is 1.94. The van der Waals surface area contributed by atoms with E-state index >= 15 is 0 Å². The average Bonchev–Trinajstić information content (AvgIpc) is 2.12. The first-order valence-corrected chi connectivity index (χ1v) is 4.05. The average molecular weight is 183 g/mol. The molecule has 1 aromatic carbocycles. The number of benzene rings is 1. The van der Waals surface area contributed by atoms with E-state index in [-0.39, 0.29) is 12.4 Å². The summed E-state index contributed by atoms with van der Waals surface area (Å²) in [7, 11) is 0. The lowest BCUT2D eigenvalue weighted by atomic mass is 10.00. The molecule has 0 amide bonds. The van der Waals surface area contributed by atoms with Gasteiger partial charge in [-0.15, -0.1) is 0 Å². The van der Waals surface area contributed by atoms with Crippen LogP contribution in [0, 0.1) is 5.82 Å². The number of aliphatic hydroxyl groups excluding tert-OH is 1. The predicted molar refractivity (Wildman–Crippen MR) is 44.8 cm³/mol. The van der Waals surface area contributed by atoms with Gasteiger partial charge in [0.1, 0.15) is 12.7 Å². The van der Waals surface area contributed by atoms with Crippen LogP contribution in [-0.4, -0.2) is 17.8 Å². The van der Waals surface area contributed by atoms with Crippen molar-refractivity contribution in [1.29, 1.82) is 0 Å².